The SMILES string of the molecule is CCCCC.Cc1ccc(C)cc1.Cc1ccc(N)cc1. The lowest BCUT2D eigenvalue weighted by molar-refractivity contribution is 0.772. The molecular weight excluding hydrogens is 254 g/mol. The lowest BCUT2D eigenvalue weighted by Gasteiger charge is -1.90. The van der Waals surface area contributed by atoms with E-state index in [2.05, 4.69) is 52.0 Å². The first-order valence-corrected chi connectivity index (χ1v) is 7.85. The Hall–Kier alpha value is -1.76. The van der Waals surface area contributed by atoms with Crippen molar-refractivity contribution in [3.05, 3.63) is 65.2 Å². The largest absolute Gasteiger partial charge is 0.399 e. The molecule has 0 fully saturated rings. The molecule has 0 bridgehead atoms. The van der Waals surface area contributed by atoms with Crippen molar-refractivity contribution in [3.63, 3.8) is 0 Å². The standard InChI is InChI=1S/C8H10.C7H9N.C5H12/c1-7-3-5-8(2)6-4-7;1-6-2-4-7(8)5-3-6;1-3-5-4-2/h3-6H,1-2H3;2-5H,8H2,1H3;3-5H2,1-2H3. The average molecular weight is 285 g/mol. The van der Waals surface area contributed by atoms with E-state index >= 15 is 0 Å². The summed E-state index contributed by atoms with van der Waals surface area (Å²) in [4.78, 5) is 0. The third-order valence-electron chi connectivity index (χ3n) is 3.00. The molecule has 0 saturated heterocycles. The van der Waals surface area contributed by atoms with Crippen LogP contribution in [0.2, 0.25) is 0 Å². The summed E-state index contributed by atoms with van der Waals surface area (Å²) in [5.41, 5.74) is 10.2. The van der Waals surface area contributed by atoms with Crippen LogP contribution in [0.25, 0.3) is 0 Å². The molecule has 0 spiro atoms. The second kappa shape index (κ2) is 12.0. The van der Waals surface area contributed by atoms with Crippen molar-refractivity contribution < 1.29 is 0 Å². The smallest absolute Gasteiger partial charge is 0.0314 e. The van der Waals surface area contributed by atoms with E-state index in [1.807, 2.05) is 31.2 Å². The van der Waals surface area contributed by atoms with E-state index in [1.54, 1.807) is 0 Å². The fraction of sp³-hybridized carbons (Fsp3) is 0.400. The Bertz CT molecular complexity index is 367. The van der Waals surface area contributed by atoms with E-state index in [4.69, 9.17) is 5.73 Å². The molecule has 0 aliphatic heterocycles. The molecule has 0 aromatic heterocycles. The van der Waals surface area contributed by atoms with Gasteiger partial charge in [-0.3, -0.25) is 0 Å². The Labute approximate surface area is 131 Å². The van der Waals surface area contributed by atoms with Gasteiger partial charge in [0.2, 0.25) is 0 Å². The van der Waals surface area contributed by atoms with Crippen molar-refractivity contribution in [2.75, 3.05) is 5.73 Å². The normalized spacial score (nSPS) is 9.00. The zero-order chi connectivity index (χ0) is 16.1. The summed E-state index contributed by atoms with van der Waals surface area (Å²) in [5, 5.41) is 0. The van der Waals surface area contributed by atoms with Gasteiger partial charge in [0.1, 0.15) is 0 Å². The predicted molar refractivity (Wildman–Crippen MR) is 96.7 cm³/mol. The van der Waals surface area contributed by atoms with Gasteiger partial charge in [-0.25, -0.2) is 0 Å². The van der Waals surface area contributed by atoms with Gasteiger partial charge in [0.25, 0.3) is 0 Å². The average Bonchev–Trinajstić information content (AvgIpc) is 2.48. The third-order valence-corrected chi connectivity index (χ3v) is 3.00. The number of aryl methyl sites for hydroxylation is 3. The van der Waals surface area contributed by atoms with Crippen molar-refractivity contribution >= 4 is 5.69 Å². The van der Waals surface area contributed by atoms with E-state index < -0.39 is 0 Å². The molecule has 2 rings (SSSR count). The van der Waals surface area contributed by atoms with Crippen molar-refractivity contribution in [2.45, 2.75) is 53.9 Å². The summed E-state index contributed by atoms with van der Waals surface area (Å²) in [6, 6.07) is 16.3. The van der Waals surface area contributed by atoms with Crippen LogP contribution in [-0.2, 0) is 0 Å². The van der Waals surface area contributed by atoms with E-state index in [-0.39, 0.29) is 0 Å². The minimum absolute atomic E-state index is 0.829. The zero-order valence-electron chi connectivity index (χ0n) is 14.3. The van der Waals surface area contributed by atoms with Gasteiger partial charge >= 0.3 is 0 Å². The van der Waals surface area contributed by atoms with Crippen molar-refractivity contribution in [1.82, 2.24) is 0 Å². The molecule has 2 aromatic rings. The van der Waals surface area contributed by atoms with Crippen LogP contribution in [0.4, 0.5) is 5.69 Å². The lowest BCUT2D eigenvalue weighted by Crippen LogP contribution is -1.81. The summed E-state index contributed by atoms with van der Waals surface area (Å²) >= 11 is 0. The van der Waals surface area contributed by atoms with E-state index in [1.165, 1.54) is 36.0 Å². The maximum absolute atomic E-state index is 5.43. The second-order valence-electron chi connectivity index (χ2n) is 5.42. The Morgan fingerprint density at radius 1 is 0.619 bits per heavy atom. The number of nitrogens with two attached hydrogens (primary N) is 1. The van der Waals surface area contributed by atoms with Gasteiger partial charge in [-0.1, -0.05) is 86.2 Å². The maximum atomic E-state index is 5.43. The number of hydrogen-bond donors (Lipinski definition) is 1. The third kappa shape index (κ3) is 11.7. The van der Waals surface area contributed by atoms with Crippen LogP contribution in [0.5, 0.6) is 0 Å². The van der Waals surface area contributed by atoms with Crippen molar-refractivity contribution in [3.8, 4) is 0 Å². The van der Waals surface area contributed by atoms with Gasteiger partial charge in [-0.05, 0) is 32.9 Å². The van der Waals surface area contributed by atoms with Crippen LogP contribution >= 0.6 is 0 Å². The first kappa shape index (κ1) is 19.2. The molecule has 0 heterocycles. The van der Waals surface area contributed by atoms with Crippen LogP contribution in [-0.4, -0.2) is 0 Å². The highest BCUT2D eigenvalue weighted by Crippen LogP contribution is 2.02. The molecule has 2 N–H and O–H groups in total. The van der Waals surface area contributed by atoms with Crippen LogP contribution in [0.1, 0.15) is 49.8 Å². The molecule has 0 amide bonds. The van der Waals surface area contributed by atoms with Crippen LogP contribution in [0.3, 0.4) is 0 Å². The minimum atomic E-state index is 0.829. The molecule has 0 aliphatic carbocycles. The summed E-state index contributed by atoms with van der Waals surface area (Å²) < 4.78 is 0. The molecule has 116 valence electrons. The fourth-order valence-electron chi connectivity index (χ4n) is 1.56. The molecule has 21 heavy (non-hydrogen) atoms. The number of rotatable bonds is 2. The number of nitrogen functional groups attached to an aromatic ring is 1. The number of unbranched alkanes of at least 4 members (excludes halogenated alkanes) is 2. The molecule has 0 unspecified atom stereocenters. The van der Waals surface area contributed by atoms with Gasteiger partial charge in [0.15, 0.2) is 0 Å². The van der Waals surface area contributed by atoms with E-state index in [0.717, 1.165) is 5.69 Å². The summed E-state index contributed by atoms with van der Waals surface area (Å²) in [6.07, 6.45) is 4.08. The van der Waals surface area contributed by atoms with Gasteiger partial charge in [0, 0.05) is 5.69 Å². The van der Waals surface area contributed by atoms with Crippen molar-refractivity contribution in [1.29, 1.82) is 0 Å². The Morgan fingerprint density at radius 2 is 0.905 bits per heavy atom. The monoisotopic (exact) mass is 285 g/mol. The first-order chi connectivity index (χ1) is 9.99. The predicted octanol–water partition coefficient (Wildman–Crippen LogP) is 6.08. The highest BCUT2D eigenvalue weighted by Gasteiger charge is 1.80. The Morgan fingerprint density at radius 3 is 1.10 bits per heavy atom. The molecular formula is C20H31N. The van der Waals surface area contributed by atoms with Gasteiger partial charge in [-0.2, -0.15) is 0 Å². The highest BCUT2D eigenvalue weighted by atomic mass is 14.5. The molecule has 0 atom stereocenters. The molecule has 1 nitrogen and oxygen atoms in total. The van der Waals surface area contributed by atoms with Gasteiger partial charge in [0.05, 0.1) is 0 Å². The lowest BCUT2D eigenvalue weighted by atomic mass is 10.2. The van der Waals surface area contributed by atoms with E-state index in [0.29, 0.717) is 0 Å². The summed E-state index contributed by atoms with van der Waals surface area (Å²) in [5.74, 6) is 0. The molecule has 0 radical (unpaired) electrons. The van der Waals surface area contributed by atoms with Crippen molar-refractivity contribution in [2.24, 2.45) is 0 Å². The topological polar surface area (TPSA) is 26.0 Å². The molecule has 0 aliphatic rings. The van der Waals surface area contributed by atoms with Gasteiger partial charge in [-0.15, -0.1) is 0 Å². The summed E-state index contributed by atoms with van der Waals surface area (Å²) in [6.45, 7) is 10.7. The highest BCUT2D eigenvalue weighted by molar-refractivity contribution is 5.38. The van der Waals surface area contributed by atoms with Gasteiger partial charge < -0.3 is 5.73 Å². The molecule has 1 heteroatoms. The Kier molecular flexibility index (Phi) is 11.0. The number of hydrogen-bond acceptors (Lipinski definition) is 1. The quantitative estimate of drug-likeness (QED) is 0.665. The zero-order valence-corrected chi connectivity index (χ0v) is 14.3. The first-order valence-electron chi connectivity index (χ1n) is 7.85. The maximum Gasteiger partial charge on any atom is 0.0314 e. The van der Waals surface area contributed by atoms with Crippen LogP contribution in [0, 0.1) is 20.8 Å². The number of benzene rings is 2. The second-order valence-corrected chi connectivity index (χ2v) is 5.42. The fourth-order valence-corrected chi connectivity index (χ4v) is 1.56. The number of anilines is 1. The van der Waals surface area contributed by atoms with Crippen LogP contribution in [0.15, 0.2) is 48.5 Å². The molecule has 0 saturated carbocycles. The van der Waals surface area contributed by atoms with Crippen LogP contribution < -0.4 is 5.73 Å². The molecule has 2 aromatic carbocycles. The van der Waals surface area contributed by atoms with E-state index in [9.17, 15) is 0 Å². The Balaban J connectivity index is 0.000000296. The minimum Gasteiger partial charge on any atom is -0.399 e. The summed E-state index contributed by atoms with van der Waals surface area (Å²) in [7, 11) is 0.